The topological polar surface area (TPSA) is 46.1 Å². The van der Waals surface area contributed by atoms with Gasteiger partial charge in [0, 0.05) is 30.5 Å². The molecule has 4 nitrogen and oxygen atoms in total. The molecule has 118 valence electrons. The number of fused-ring (bicyclic) bond motifs is 1. The molecule has 0 spiro atoms. The predicted octanol–water partition coefficient (Wildman–Crippen LogP) is 4.12. The molecule has 0 saturated carbocycles. The molecular weight excluding hydrogens is 293 g/mol. The Kier molecular flexibility index (Phi) is 4.28. The van der Waals surface area contributed by atoms with Crippen molar-refractivity contribution in [1.29, 1.82) is 0 Å². The van der Waals surface area contributed by atoms with Crippen molar-refractivity contribution in [3.63, 3.8) is 0 Å². The van der Waals surface area contributed by atoms with Crippen LogP contribution in [0.1, 0.15) is 12.5 Å². The maximum Gasteiger partial charge on any atom is 0.319 e. The molecule has 1 aromatic heterocycles. The quantitative estimate of drug-likeness (QED) is 0.748. The van der Waals surface area contributed by atoms with Crippen LogP contribution in [0.2, 0.25) is 0 Å². The molecule has 0 aliphatic rings. The zero-order valence-electron chi connectivity index (χ0n) is 12.8. The second kappa shape index (κ2) is 6.52. The summed E-state index contributed by atoms with van der Waals surface area (Å²) < 4.78 is 15.6. The van der Waals surface area contributed by atoms with Gasteiger partial charge < -0.3 is 15.2 Å². The summed E-state index contributed by atoms with van der Waals surface area (Å²) in [6.45, 7) is 3.08. The number of nitrogens with one attached hydrogen (secondary N) is 2. The molecule has 3 aromatic rings. The van der Waals surface area contributed by atoms with Crippen LogP contribution in [-0.2, 0) is 13.1 Å². The molecule has 0 aliphatic carbocycles. The molecule has 2 aromatic carbocycles. The Morgan fingerprint density at radius 3 is 2.78 bits per heavy atom. The van der Waals surface area contributed by atoms with Gasteiger partial charge in [-0.25, -0.2) is 9.18 Å². The smallest absolute Gasteiger partial charge is 0.319 e. The number of hydrogen-bond acceptors (Lipinski definition) is 1. The van der Waals surface area contributed by atoms with E-state index in [9.17, 15) is 9.18 Å². The molecule has 2 N–H and O–H groups in total. The highest BCUT2D eigenvalue weighted by molar-refractivity contribution is 5.92. The number of anilines is 1. The Morgan fingerprint density at radius 2 is 2.00 bits per heavy atom. The molecule has 3 rings (SSSR count). The average molecular weight is 311 g/mol. The zero-order chi connectivity index (χ0) is 16.2. The predicted molar refractivity (Wildman–Crippen MR) is 89.9 cm³/mol. The normalized spacial score (nSPS) is 10.7. The fourth-order valence-corrected chi connectivity index (χ4v) is 2.53. The van der Waals surface area contributed by atoms with Gasteiger partial charge >= 0.3 is 6.03 Å². The van der Waals surface area contributed by atoms with Crippen molar-refractivity contribution < 1.29 is 9.18 Å². The van der Waals surface area contributed by atoms with Gasteiger partial charge in [0.05, 0.1) is 5.52 Å². The average Bonchev–Trinajstić information content (AvgIpc) is 2.96. The van der Waals surface area contributed by atoms with E-state index in [-0.39, 0.29) is 18.4 Å². The third-order valence-electron chi connectivity index (χ3n) is 3.77. The Morgan fingerprint density at radius 1 is 1.17 bits per heavy atom. The summed E-state index contributed by atoms with van der Waals surface area (Å²) in [5.74, 6) is -0.324. The number of halogens is 1. The number of rotatable bonds is 4. The van der Waals surface area contributed by atoms with Crippen LogP contribution in [0.3, 0.4) is 0 Å². The minimum atomic E-state index is -0.359. The Bertz CT molecular complexity index is 841. The highest BCUT2D eigenvalue weighted by Crippen LogP contribution is 2.20. The van der Waals surface area contributed by atoms with E-state index in [1.165, 1.54) is 6.07 Å². The van der Waals surface area contributed by atoms with Gasteiger partial charge in [-0.1, -0.05) is 24.3 Å². The molecule has 0 fully saturated rings. The number of urea groups is 1. The minimum Gasteiger partial charge on any atom is -0.348 e. The summed E-state index contributed by atoms with van der Waals surface area (Å²) in [6.07, 6.45) is 2.02. The molecule has 5 heteroatoms. The molecule has 1 heterocycles. The second-order valence-electron chi connectivity index (χ2n) is 5.27. The van der Waals surface area contributed by atoms with Crippen LogP contribution in [0.5, 0.6) is 0 Å². The molecule has 0 radical (unpaired) electrons. The second-order valence-corrected chi connectivity index (χ2v) is 5.27. The largest absolute Gasteiger partial charge is 0.348 e. The molecule has 0 aliphatic heterocycles. The number of aromatic nitrogens is 1. The number of aryl methyl sites for hydroxylation is 1. The SMILES string of the molecule is CCn1ccc2ccc(NC(=O)NCc3ccccc3F)cc21. The highest BCUT2D eigenvalue weighted by Gasteiger charge is 2.06. The third kappa shape index (κ3) is 3.34. The van der Waals surface area contributed by atoms with Gasteiger partial charge in [0.15, 0.2) is 0 Å². The van der Waals surface area contributed by atoms with E-state index in [0.717, 1.165) is 17.4 Å². The summed E-state index contributed by atoms with van der Waals surface area (Å²) in [6, 6.07) is 13.8. The van der Waals surface area contributed by atoms with Crippen molar-refractivity contribution >= 4 is 22.6 Å². The molecule has 2 amide bonds. The lowest BCUT2D eigenvalue weighted by Crippen LogP contribution is -2.28. The summed E-state index contributed by atoms with van der Waals surface area (Å²) in [7, 11) is 0. The summed E-state index contributed by atoms with van der Waals surface area (Å²) in [4.78, 5) is 12.0. The number of hydrogen-bond donors (Lipinski definition) is 2. The maximum absolute atomic E-state index is 13.5. The lowest BCUT2D eigenvalue weighted by atomic mass is 10.2. The van der Waals surface area contributed by atoms with E-state index in [0.29, 0.717) is 11.3 Å². The summed E-state index contributed by atoms with van der Waals surface area (Å²) in [5, 5.41) is 6.57. The number of benzene rings is 2. The maximum atomic E-state index is 13.5. The first-order valence-electron chi connectivity index (χ1n) is 7.54. The van der Waals surface area contributed by atoms with Gasteiger partial charge in [-0.15, -0.1) is 0 Å². The van der Waals surface area contributed by atoms with Crippen molar-refractivity contribution in [1.82, 2.24) is 9.88 Å². The first kappa shape index (κ1) is 15.1. The van der Waals surface area contributed by atoms with Crippen molar-refractivity contribution in [3.05, 3.63) is 66.1 Å². The third-order valence-corrected chi connectivity index (χ3v) is 3.77. The van der Waals surface area contributed by atoms with E-state index in [2.05, 4.69) is 22.1 Å². The van der Waals surface area contributed by atoms with Crippen molar-refractivity contribution in [2.75, 3.05) is 5.32 Å². The van der Waals surface area contributed by atoms with Gasteiger partial charge in [0.25, 0.3) is 0 Å². The van der Waals surface area contributed by atoms with E-state index in [1.807, 2.05) is 30.5 Å². The lowest BCUT2D eigenvalue weighted by molar-refractivity contribution is 0.251. The fourth-order valence-electron chi connectivity index (χ4n) is 2.53. The van der Waals surface area contributed by atoms with Crippen LogP contribution in [0.4, 0.5) is 14.9 Å². The Balaban J connectivity index is 1.67. The van der Waals surface area contributed by atoms with Crippen LogP contribution in [-0.4, -0.2) is 10.6 Å². The lowest BCUT2D eigenvalue weighted by Gasteiger charge is -2.09. The number of amides is 2. The molecule has 0 unspecified atom stereocenters. The molecule has 0 atom stereocenters. The van der Waals surface area contributed by atoms with E-state index in [4.69, 9.17) is 0 Å². The van der Waals surface area contributed by atoms with Gasteiger partial charge in [-0.2, -0.15) is 0 Å². The molecule has 23 heavy (non-hydrogen) atoms. The van der Waals surface area contributed by atoms with Crippen LogP contribution in [0, 0.1) is 5.82 Å². The van der Waals surface area contributed by atoms with Crippen LogP contribution < -0.4 is 10.6 Å². The highest BCUT2D eigenvalue weighted by atomic mass is 19.1. The van der Waals surface area contributed by atoms with Gasteiger partial charge in [0.2, 0.25) is 0 Å². The standard InChI is InChI=1S/C18H18FN3O/c1-2-22-10-9-13-7-8-15(11-17(13)22)21-18(23)20-12-14-5-3-4-6-16(14)19/h3-11H,2,12H2,1H3,(H2,20,21,23). The number of carbonyl (C=O) groups excluding carboxylic acids is 1. The van der Waals surface area contributed by atoms with E-state index >= 15 is 0 Å². The van der Waals surface area contributed by atoms with Gasteiger partial charge in [-0.05, 0) is 36.6 Å². The molecular formula is C18H18FN3O. The number of carbonyl (C=O) groups is 1. The fraction of sp³-hybridized carbons (Fsp3) is 0.167. The van der Waals surface area contributed by atoms with Crippen LogP contribution >= 0.6 is 0 Å². The monoisotopic (exact) mass is 311 g/mol. The molecule has 0 bridgehead atoms. The first-order valence-corrected chi connectivity index (χ1v) is 7.54. The number of nitrogens with zero attached hydrogens (tertiary/aromatic N) is 1. The Labute approximate surface area is 133 Å². The van der Waals surface area contributed by atoms with Gasteiger partial charge in [-0.3, -0.25) is 0 Å². The zero-order valence-corrected chi connectivity index (χ0v) is 12.8. The van der Waals surface area contributed by atoms with E-state index in [1.54, 1.807) is 18.2 Å². The van der Waals surface area contributed by atoms with Crippen molar-refractivity contribution in [2.24, 2.45) is 0 Å². The molecule has 0 saturated heterocycles. The minimum absolute atomic E-state index is 0.145. The Hall–Kier alpha value is -2.82. The van der Waals surface area contributed by atoms with Crippen molar-refractivity contribution in [3.8, 4) is 0 Å². The summed E-state index contributed by atoms with van der Waals surface area (Å²) in [5.41, 5.74) is 2.23. The summed E-state index contributed by atoms with van der Waals surface area (Å²) >= 11 is 0. The van der Waals surface area contributed by atoms with Crippen LogP contribution in [0.15, 0.2) is 54.7 Å². The van der Waals surface area contributed by atoms with Crippen LogP contribution in [0.25, 0.3) is 10.9 Å². The van der Waals surface area contributed by atoms with Gasteiger partial charge in [0.1, 0.15) is 5.82 Å². The van der Waals surface area contributed by atoms with E-state index < -0.39 is 0 Å². The van der Waals surface area contributed by atoms with Crippen molar-refractivity contribution in [2.45, 2.75) is 20.0 Å². The first-order chi connectivity index (χ1) is 11.2.